The van der Waals surface area contributed by atoms with Crippen LogP contribution >= 0.6 is 0 Å². The molecule has 3 rings (SSSR count). The second-order valence-electron chi connectivity index (χ2n) is 13.8. The summed E-state index contributed by atoms with van der Waals surface area (Å²) in [6, 6.07) is 25.5. The Bertz CT molecular complexity index is 1230. The van der Waals surface area contributed by atoms with Crippen molar-refractivity contribution in [3.8, 4) is 28.0 Å². The van der Waals surface area contributed by atoms with E-state index in [-0.39, 0.29) is 12.1 Å². The Morgan fingerprint density at radius 3 is 1.42 bits per heavy atom. The Hall–Kier alpha value is -3.07. The number of unbranched alkanes of at least 4 members (excludes halogenated alkanes) is 18. The molecule has 0 fully saturated rings. The molecule has 0 saturated heterocycles. The van der Waals surface area contributed by atoms with Crippen LogP contribution in [0.5, 0.6) is 5.75 Å². The molecule has 0 amide bonds. The van der Waals surface area contributed by atoms with Crippen LogP contribution in [-0.2, 0) is 9.53 Å². The van der Waals surface area contributed by atoms with Gasteiger partial charge in [0.2, 0.25) is 0 Å². The SMILES string of the molecule is CCCCCCCCCCCCOc1ccc(-c2ccccc2-c2ccc(C(C)OC(=O)CCCCCCCCCCCC)cc2)cc1. The second kappa shape index (κ2) is 25.0. The van der Waals surface area contributed by atoms with Crippen molar-refractivity contribution in [3.05, 3.63) is 78.4 Å². The van der Waals surface area contributed by atoms with Crippen molar-refractivity contribution >= 4 is 5.97 Å². The van der Waals surface area contributed by atoms with Gasteiger partial charge in [-0.2, -0.15) is 0 Å². The lowest BCUT2D eigenvalue weighted by molar-refractivity contribution is -0.148. The van der Waals surface area contributed by atoms with E-state index in [0.717, 1.165) is 42.7 Å². The highest BCUT2D eigenvalue weighted by Gasteiger charge is 2.13. The van der Waals surface area contributed by atoms with Gasteiger partial charge in [0.25, 0.3) is 0 Å². The van der Waals surface area contributed by atoms with Gasteiger partial charge in [-0.1, -0.05) is 190 Å². The van der Waals surface area contributed by atoms with Gasteiger partial charge in [-0.3, -0.25) is 4.79 Å². The number of esters is 1. The maximum Gasteiger partial charge on any atom is 0.306 e. The van der Waals surface area contributed by atoms with Crippen molar-refractivity contribution in [2.24, 2.45) is 0 Å². The van der Waals surface area contributed by atoms with Crippen molar-refractivity contribution in [2.45, 2.75) is 162 Å². The minimum absolute atomic E-state index is 0.0904. The van der Waals surface area contributed by atoms with Crippen LogP contribution in [0, 0.1) is 0 Å². The zero-order chi connectivity index (χ0) is 34.1. The quantitative estimate of drug-likeness (QED) is 0.0606. The van der Waals surface area contributed by atoms with Crippen LogP contribution in [0.1, 0.15) is 167 Å². The summed E-state index contributed by atoms with van der Waals surface area (Å²) in [5.41, 5.74) is 5.74. The molecule has 0 bridgehead atoms. The molecular weight excluding hydrogens is 588 g/mol. The molecule has 3 nitrogen and oxygen atoms in total. The van der Waals surface area contributed by atoms with Gasteiger partial charge in [0.05, 0.1) is 6.61 Å². The predicted octanol–water partition coefficient (Wildman–Crippen LogP) is 14.2. The number of carbonyl (C=O) groups is 1. The first-order chi connectivity index (χ1) is 23.6. The van der Waals surface area contributed by atoms with E-state index < -0.39 is 0 Å². The van der Waals surface area contributed by atoms with E-state index in [1.807, 2.05) is 6.92 Å². The van der Waals surface area contributed by atoms with Gasteiger partial charge in [-0.25, -0.2) is 0 Å². The molecule has 0 aliphatic carbocycles. The monoisotopic (exact) mass is 655 g/mol. The van der Waals surface area contributed by atoms with Crippen LogP contribution < -0.4 is 4.74 Å². The van der Waals surface area contributed by atoms with Crippen LogP contribution in [0.15, 0.2) is 72.8 Å². The summed E-state index contributed by atoms with van der Waals surface area (Å²) in [6.45, 7) is 7.30. The van der Waals surface area contributed by atoms with Crippen molar-refractivity contribution in [1.29, 1.82) is 0 Å². The van der Waals surface area contributed by atoms with Crippen molar-refractivity contribution in [1.82, 2.24) is 0 Å². The van der Waals surface area contributed by atoms with E-state index in [9.17, 15) is 4.79 Å². The average molecular weight is 655 g/mol. The number of hydrogen-bond donors (Lipinski definition) is 0. The molecule has 0 spiro atoms. The predicted molar refractivity (Wildman–Crippen MR) is 206 cm³/mol. The minimum Gasteiger partial charge on any atom is -0.494 e. The molecule has 0 aromatic heterocycles. The standard InChI is InChI=1S/C45H66O3/c1-4-6-8-10-12-14-16-18-20-22-28-45(46)48-38(3)39-29-31-40(32-30-39)43-26-23-24-27-44(43)41-33-35-42(36-34-41)47-37-25-21-19-17-15-13-11-9-7-5-2/h23-24,26-27,29-36,38H,4-22,25,28,37H2,1-3H3. The number of ether oxygens (including phenoxy) is 2. The molecule has 1 unspecified atom stereocenters. The van der Waals surface area contributed by atoms with Crippen molar-refractivity contribution in [3.63, 3.8) is 0 Å². The number of benzene rings is 3. The van der Waals surface area contributed by atoms with Gasteiger partial charge in [-0.05, 0) is 59.7 Å². The molecule has 3 aromatic rings. The summed E-state index contributed by atoms with van der Waals surface area (Å²) in [4.78, 5) is 12.5. The third-order valence-electron chi connectivity index (χ3n) is 9.59. The summed E-state index contributed by atoms with van der Waals surface area (Å²) >= 11 is 0. The van der Waals surface area contributed by atoms with E-state index in [4.69, 9.17) is 9.47 Å². The lowest BCUT2D eigenvalue weighted by Gasteiger charge is -2.15. The molecule has 1 atom stereocenters. The fourth-order valence-corrected chi connectivity index (χ4v) is 6.51. The smallest absolute Gasteiger partial charge is 0.306 e. The average Bonchev–Trinajstić information content (AvgIpc) is 3.11. The third-order valence-corrected chi connectivity index (χ3v) is 9.59. The molecule has 264 valence electrons. The first-order valence-electron chi connectivity index (χ1n) is 19.7. The van der Waals surface area contributed by atoms with Crippen LogP contribution in [0.3, 0.4) is 0 Å². The summed E-state index contributed by atoms with van der Waals surface area (Å²) in [6.07, 6.45) is 26.2. The lowest BCUT2D eigenvalue weighted by Crippen LogP contribution is -2.08. The Kier molecular flexibility index (Phi) is 20.5. The van der Waals surface area contributed by atoms with Gasteiger partial charge in [0.1, 0.15) is 11.9 Å². The third kappa shape index (κ3) is 15.9. The molecule has 0 N–H and O–H groups in total. The van der Waals surface area contributed by atoms with Crippen LogP contribution in [-0.4, -0.2) is 12.6 Å². The van der Waals surface area contributed by atoms with Gasteiger partial charge < -0.3 is 9.47 Å². The van der Waals surface area contributed by atoms with Crippen LogP contribution in [0.2, 0.25) is 0 Å². The number of rotatable bonds is 27. The zero-order valence-electron chi connectivity index (χ0n) is 30.8. The fraction of sp³-hybridized carbons (Fsp3) is 0.578. The molecule has 3 heteroatoms. The van der Waals surface area contributed by atoms with Crippen molar-refractivity contribution < 1.29 is 14.3 Å². The molecule has 0 aliphatic rings. The largest absolute Gasteiger partial charge is 0.494 e. The Morgan fingerprint density at radius 1 is 0.521 bits per heavy atom. The number of hydrogen-bond acceptors (Lipinski definition) is 3. The lowest BCUT2D eigenvalue weighted by atomic mass is 9.93. The van der Waals surface area contributed by atoms with Gasteiger partial charge in [0, 0.05) is 6.42 Å². The molecule has 0 aliphatic heterocycles. The Morgan fingerprint density at radius 2 is 0.938 bits per heavy atom. The van der Waals surface area contributed by atoms with E-state index in [2.05, 4.69) is 86.6 Å². The maximum absolute atomic E-state index is 12.5. The van der Waals surface area contributed by atoms with E-state index in [0.29, 0.717) is 6.42 Å². The zero-order valence-corrected chi connectivity index (χ0v) is 30.8. The van der Waals surface area contributed by atoms with E-state index in [1.54, 1.807) is 0 Å². The fourth-order valence-electron chi connectivity index (χ4n) is 6.51. The second-order valence-corrected chi connectivity index (χ2v) is 13.8. The summed E-state index contributed by atoms with van der Waals surface area (Å²) in [5, 5.41) is 0. The van der Waals surface area contributed by atoms with Gasteiger partial charge in [0.15, 0.2) is 0 Å². The molecule has 0 saturated carbocycles. The minimum atomic E-state index is -0.252. The summed E-state index contributed by atoms with van der Waals surface area (Å²) < 4.78 is 11.9. The molecular formula is C45H66O3. The highest BCUT2D eigenvalue weighted by Crippen LogP contribution is 2.34. The molecule has 3 aromatic carbocycles. The van der Waals surface area contributed by atoms with Crippen molar-refractivity contribution in [2.75, 3.05) is 6.61 Å². The highest BCUT2D eigenvalue weighted by molar-refractivity contribution is 5.83. The molecule has 0 heterocycles. The Balaban J connectivity index is 1.38. The normalized spacial score (nSPS) is 11.8. The van der Waals surface area contributed by atoms with E-state index in [1.165, 1.54) is 126 Å². The van der Waals surface area contributed by atoms with Crippen LogP contribution in [0.4, 0.5) is 0 Å². The number of carbonyl (C=O) groups excluding carboxylic acids is 1. The molecule has 0 radical (unpaired) electrons. The first-order valence-corrected chi connectivity index (χ1v) is 19.7. The van der Waals surface area contributed by atoms with Crippen LogP contribution in [0.25, 0.3) is 22.3 Å². The van der Waals surface area contributed by atoms with E-state index >= 15 is 0 Å². The maximum atomic E-state index is 12.5. The summed E-state index contributed by atoms with van der Waals surface area (Å²) in [7, 11) is 0. The first kappa shape index (κ1) is 39.4. The Labute approximate surface area is 294 Å². The summed E-state index contributed by atoms with van der Waals surface area (Å²) in [5.74, 6) is 0.848. The van der Waals surface area contributed by atoms with Gasteiger partial charge in [-0.15, -0.1) is 0 Å². The van der Waals surface area contributed by atoms with Gasteiger partial charge >= 0.3 is 5.97 Å². The molecule has 48 heavy (non-hydrogen) atoms. The highest BCUT2D eigenvalue weighted by atomic mass is 16.5. The topological polar surface area (TPSA) is 35.5 Å².